The van der Waals surface area contributed by atoms with Crippen LogP contribution in [0.5, 0.6) is 0 Å². The maximum absolute atomic E-state index is 8.60. The first-order chi connectivity index (χ1) is 7.72. The predicted octanol–water partition coefficient (Wildman–Crippen LogP) is 1.96. The highest BCUT2D eigenvalue weighted by molar-refractivity contribution is 5.83. The Labute approximate surface area is 95.1 Å². The molecule has 1 atom stereocenters. The van der Waals surface area contributed by atoms with Crippen LogP contribution in [0.2, 0.25) is 0 Å². The van der Waals surface area contributed by atoms with Gasteiger partial charge < -0.3 is 10.3 Å². The van der Waals surface area contributed by atoms with Gasteiger partial charge in [0.1, 0.15) is 0 Å². The zero-order valence-corrected chi connectivity index (χ0v) is 9.35. The van der Waals surface area contributed by atoms with Gasteiger partial charge in [-0.1, -0.05) is 18.2 Å². The van der Waals surface area contributed by atoms with Gasteiger partial charge in [0.25, 0.3) is 0 Å². The first-order valence-corrected chi connectivity index (χ1v) is 5.38. The third-order valence-electron chi connectivity index (χ3n) is 2.82. The fourth-order valence-corrected chi connectivity index (χ4v) is 2.06. The second-order valence-electron chi connectivity index (χ2n) is 4.11. The molecule has 1 unspecified atom stereocenters. The van der Waals surface area contributed by atoms with E-state index in [1.807, 2.05) is 19.2 Å². The maximum atomic E-state index is 8.60. The van der Waals surface area contributed by atoms with Crippen molar-refractivity contribution in [1.82, 2.24) is 4.57 Å². The summed E-state index contributed by atoms with van der Waals surface area (Å²) in [6.07, 6.45) is 3.26. The van der Waals surface area contributed by atoms with E-state index in [4.69, 9.17) is 11.0 Å². The van der Waals surface area contributed by atoms with Gasteiger partial charge in [-0.2, -0.15) is 5.26 Å². The fraction of sp³-hybridized carbons (Fsp3) is 0.308. The van der Waals surface area contributed by atoms with E-state index in [1.165, 1.54) is 16.5 Å². The smallest absolute Gasteiger partial charge is 0.0638 e. The molecule has 2 rings (SSSR count). The number of rotatable bonds is 3. The topological polar surface area (TPSA) is 54.7 Å². The number of benzene rings is 1. The lowest BCUT2D eigenvalue weighted by atomic mass is 10.0. The second kappa shape index (κ2) is 4.38. The molecule has 16 heavy (non-hydrogen) atoms. The minimum Gasteiger partial charge on any atom is -0.350 e. The molecule has 0 aliphatic rings. The summed E-state index contributed by atoms with van der Waals surface area (Å²) in [4.78, 5) is 0. The zero-order chi connectivity index (χ0) is 11.5. The molecule has 0 amide bonds. The maximum Gasteiger partial charge on any atom is 0.0638 e. The van der Waals surface area contributed by atoms with Crippen LogP contribution in [0.3, 0.4) is 0 Å². The summed E-state index contributed by atoms with van der Waals surface area (Å²) < 4.78 is 2.10. The number of hydrogen-bond donors (Lipinski definition) is 1. The molecule has 82 valence electrons. The van der Waals surface area contributed by atoms with Crippen LogP contribution in [0.4, 0.5) is 0 Å². The number of hydrogen-bond acceptors (Lipinski definition) is 2. The van der Waals surface area contributed by atoms with Crippen LogP contribution in [-0.4, -0.2) is 10.6 Å². The number of aromatic nitrogens is 1. The molecule has 2 N–H and O–H groups in total. The highest BCUT2D eigenvalue weighted by Gasteiger charge is 2.09. The Balaban J connectivity index is 2.35. The van der Waals surface area contributed by atoms with Crippen molar-refractivity contribution < 1.29 is 0 Å². The van der Waals surface area contributed by atoms with Gasteiger partial charge in [-0.25, -0.2) is 0 Å². The van der Waals surface area contributed by atoms with E-state index in [9.17, 15) is 0 Å². The van der Waals surface area contributed by atoms with Crippen molar-refractivity contribution in [2.24, 2.45) is 12.8 Å². The van der Waals surface area contributed by atoms with Crippen molar-refractivity contribution >= 4 is 10.9 Å². The van der Waals surface area contributed by atoms with Gasteiger partial charge in [0.05, 0.1) is 12.5 Å². The minimum absolute atomic E-state index is 0.0733. The lowest BCUT2D eigenvalue weighted by molar-refractivity contribution is 0.686. The quantitative estimate of drug-likeness (QED) is 0.847. The van der Waals surface area contributed by atoms with E-state index in [-0.39, 0.29) is 6.04 Å². The molecule has 0 saturated heterocycles. The average Bonchev–Trinajstić information content (AvgIpc) is 2.57. The molecule has 3 heteroatoms. The molecule has 1 heterocycles. The third-order valence-corrected chi connectivity index (χ3v) is 2.82. The molecular formula is C13H15N3. The van der Waals surface area contributed by atoms with E-state index < -0.39 is 0 Å². The summed E-state index contributed by atoms with van der Waals surface area (Å²) in [5.41, 5.74) is 8.32. The van der Waals surface area contributed by atoms with Crippen molar-refractivity contribution in [2.45, 2.75) is 18.9 Å². The molecule has 0 radical (unpaired) electrons. The van der Waals surface area contributed by atoms with Crippen molar-refractivity contribution in [1.29, 1.82) is 5.26 Å². The molecule has 3 nitrogen and oxygen atoms in total. The Kier molecular flexibility index (Phi) is 2.93. The van der Waals surface area contributed by atoms with Crippen LogP contribution >= 0.6 is 0 Å². The van der Waals surface area contributed by atoms with E-state index in [1.54, 1.807) is 0 Å². The van der Waals surface area contributed by atoms with E-state index in [0.29, 0.717) is 6.42 Å². The zero-order valence-electron chi connectivity index (χ0n) is 9.35. The van der Waals surface area contributed by atoms with Crippen LogP contribution in [-0.2, 0) is 13.5 Å². The van der Waals surface area contributed by atoms with Crippen molar-refractivity contribution in [3.63, 3.8) is 0 Å². The highest BCUT2D eigenvalue weighted by Crippen LogP contribution is 2.21. The van der Waals surface area contributed by atoms with Gasteiger partial charge in [-0.05, 0) is 18.1 Å². The minimum atomic E-state index is -0.0733. The molecule has 0 saturated carbocycles. The Morgan fingerprint density at radius 1 is 1.44 bits per heavy atom. The second-order valence-corrected chi connectivity index (χ2v) is 4.11. The average molecular weight is 213 g/mol. The van der Waals surface area contributed by atoms with Crippen LogP contribution in [0.1, 0.15) is 12.0 Å². The van der Waals surface area contributed by atoms with Crippen LogP contribution in [0, 0.1) is 11.3 Å². The molecule has 2 aromatic rings. The standard InChI is InChI=1S/C13H15N3/c1-16-9-10(8-11(15)6-7-14)12-4-2-3-5-13(12)16/h2-5,9,11H,6,8,15H2,1H3. The Morgan fingerprint density at radius 2 is 2.19 bits per heavy atom. The lowest BCUT2D eigenvalue weighted by Gasteiger charge is -2.05. The Morgan fingerprint density at radius 3 is 2.94 bits per heavy atom. The normalized spacial score (nSPS) is 12.6. The fourth-order valence-electron chi connectivity index (χ4n) is 2.06. The van der Waals surface area contributed by atoms with Crippen LogP contribution in [0.25, 0.3) is 10.9 Å². The Hall–Kier alpha value is -1.79. The Bertz CT molecular complexity index is 534. The molecule has 0 spiro atoms. The van der Waals surface area contributed by atoms with Crippen LogP contribution < -0.4 is 5.73 Å². The van der Waals surface area contributed by atoms with Crippen molar-refractivity contribution in [3.8, 4) is 6.07 Å². The molecule has 0 bridgehead atoms. The summed E-state index contributed by atoms with van der Waals surface area (Å²) in [5, 5.41) is 9.83. The predicted molar refractivity (Wildman–Crippen MR) is 64.8 cm³/mol. The van der Waals surface area contributed by atoms with Gasteiger partial charge in [0.15, 0.2) is 0 Å². The van der Waals surface area contributed by atoms with Gasteiger partial charge in [0, 0.05) is 30.2 Å². The number of aryl methyl sites for hydroxylation is 1. The van der Waals surface area contributed by atoms with E-state index in [2.05, 4.69) is 29.0 Å². The summed E-state index contributed by atoms with van der Waals surface area (Å²) in [6.45, 7) is 0. The van der Waals surface area contributed by atoms with E-state index in [0.717, 1.165) is 6.42 Å². The van der Waals surface area contributed by atoms with Gasteiger partial charge in [-0.3, -0.25) is 0 Å². The highest BCUT2D eigenvalue weighted by atomic mass is 14.9. The summed E-state index contributed by atoms with van der Waals surface area (Å²) >= 11 is 0. The molecule has 1 aromatic carbocycles. The van der Waals surface area contributed by atoms with E-state index >= 15 is 0 Å². The first kappa shape index (κ1) is 10.7. The lowest BCUT2D eigenvalue weighted by Crippen LogP contribution is -2.21. The SMILES string of the molecule is Cn1cc(CC(N)CC#N)c2ccccc21. The number of nitrogens with two attached hydrogens (primary N) is 1. The van der Waals surface area contributed by atoms with Gasteiger partial charge >= 0.3 is 0 Å². The van der Waals surface area contributed by atoms with Crippen LogP contribution in [0.15, 0.2) is 30.5 Å². The molecule has 0 aliphatic carbocycles. The number of para-hydroxylation sites is 1. The first-order valence-electron chi connectivity index (χ1n) is 5.38. The summed E-state index contributed by atoms with van der Waals surface area (Å²) in [6, 6.07) is 10.3. The third kappa shape index (κ3) is 1.93. The number of nitriles is 1. The summed E-state index contributed by atoms with van der Waals surface area (Å²) in [5.74, 6) is 0. The van der Waals surface area contributed by atoms with Gasteiger partial charge in [-0.15, -0.1) is 0 Å². The largest absolute Gasteiger partial charge is 0.350 e. The molecule has 0 aliphatic heterocycles. The number of nitrogens with zero attached hydrogens (tertiary/aromatic N) is 2. The summed E-state index contributed by atoms with van der Waals surface area (Å²) in [7, 11) is 2.03. The number of fused-ring (bicyclic) bond motifs is 1. The molecular weight excluding hydrogens is 198 g/mol. The van der Waals surface area contributed by atoms with Crippen molar-refractivity contribution in [2.75, 3.05) is 0 Å². The molecule has 1 aromatic heterocycles. The molecule has 0 fully saturated rings. The monoisotopic (exact) mass is 213 g/mol. The van der Waals surface area contributed by atoms with Gasteiger partial charge in [0.2, 0.25) is 0 Å². The van der Waals surface area contributed by atoms with Crippen molar-refractivity contribution in [3.05, 3.63) is 36.0 Å².